The predicted octanol–water partition coefficient (Wildman–Crippen LogP) is 4.17. The molecule has 0 saturated carbocycles. The molecule has 1 heterocycles. The molecule has 1 aromatic carbocycles. The van der Waals surface area contributed by atoms with Crippen LogP contribution in [-0.4, -0.2) is 18.2 Å². The molecule has 0 spiro atoms. The number of hydrogen-bond acceptors (Lipinski definition) is 2. The number of fused-ring (bicyclic) bond motifs is 1. The van der Waals surface area contributed by atoms with Crippen molar-refractivity contribution in [2.45, 2.75) is 77.0 Å². The number of benzene rings is 1. The van der Waals surface area contributed by atoms with Gasteiger partial charge in [0.15, 0.2) is 0 Å². The van der Waals surface area contributed by atoms with Crippen LogP contribution in [-0.2, 0) is 17.6 Å². The summed E-state index contributed by atoms with van der Waals surface area (Å²) in [5, 5.41) is 3.82. The fourth-order valence-corrected chi connectivity index (χ4v) is 3.85. The van der Waals surface area contributed by atoms with Gasteiger partial charge in [-0.25, -0.2) is 0 Å². The van der Waals surface area contributed by atoms with Gasteiger partial charge in [0.2, 0.25) is 0 Å². The molecule has 0 bridgehead atoms. The Morgan fingerprint density at radius 1 is 1.19 bits per heavy atom. The first-order valence-corrected chi connectivity index (χ1v) is 8.55. The third-order valence-electron chi connectivity index (χ3n) is 5.06. The van der Waals surface area contributed by atoms with Gasteiger partial charge in [-0.05, 0) is 76.0 Å². The molecular weight excluding hydrogens is 258 g/mol. The maximum absolute atomic E-state index is 5.82. The van der Waals surface area contributed by atoms with Crippen LogP contribution >= 0.6 is 0 Å². The molecular formula is C19H29NO. The lowest BCUT2D eigenvalue weighted by Crippen LogP contribution is -2.44. The summed E-state index contributed by atoms with van der Waals surface area (Å²) in [4.78, 5) is 0. The Hall–Kier alpha value is -0.860. The third-order valence-corrected chi connectivity index (χ3v) is 5.06. The zero-order chi connectivity index (χ0) is 14.9. The quantitative estimate of drug-likeness (QED) is 0.900. The van der Waals surface area contributed by atoms with Gasteiger partial charge in [0, 0.05) is 18.7 Å². The molecule has 2 nitrogen and oxygen atoms in total. The second kappa shape index (κ2) is 6.10. The fourth-order valence-electron chi connectivity index (χ4n) is 3.85. The van der Waals surface area contributed by atoms with Gasteiger partial charge in [-0.3, -0.25) is 0 Å². The molecule has 3 rings (SSSR count). The second-order valence-electron chi connectivity index (χ2n) is 7.42. The van der Waals surface area contributed by atoms with Gasteiger partial charge < -0.3 is 10.1 Å². The van der Waals surface area contributed by atoms with Crippen LogP contribution in [0.5, 0.6) is 0 Å². The first-order valence-electron chi connectivity index (χ1n) is 8.55. The molecule has 1 saturated heterocycles. The summed E-state index contributed by atoms with van der Waals surface area (Å²) < 4.78 is 5.82. The van der Waals surface area contributed by atoms with E-state index in [1.807, 2.05) is 0 Å². The molecule has 0 amide bonds. The van der Waals surface area contributed by atoms with Crippen LogP contribution in [0.25, 0.3) is 0 Å². The van der Waals surface area contributed by atoms with Crippen molar-refractivity contribution in [3.63, 3.8) is 0 Å². The van der Waals surface area contributed by atoms with Crippen molar-refractivity contribution in [1.29, 1.82) is 0 Å². The lowest BCUT2D eigenvalue weighted by molar-refractivity contribution is -0.0639. The minimum Gasteiger partial charge on any atom is -0.375 e. The van der Waals surface area contributed by atoms with Gasteiger partial charge in [0.1, 0.15) is 0 Å². The van der Waals surface area contributed by atoms with Crippen LogP contribution < -0.4 is 5.32 Å². The number of rotatable bonds is 3. The van der Waals surface area contributed by atoms with Crippen LogP contribution in [0.1, 0.15) is 69.2 Å². The van der Waals surface area contributed by atoms with E-state index in [0.29, 0.717) is 12.1 Å². The maximum Gasteiger partial charge on any atom is 0.0641 e. The van der Waals surface area contributed by atoms with Crippen LogP contribution in [0.2, 0.25) is 0 Å². The van der Waals surface area contributed by atoms with Gasteiger partial charge in [0.05, 0.1) is 5.60 Å². The molecule has 1 aromatic rings. The summed E-state index contributed by atoms with van der Waals surface area (Å²) >= 11 is 0. The average Bonchev–Trinajstić information content (AvgIpc) is 2.45. The smallest absolute Gasteiger partial charge is 0.0641 e. The molecule has 2 aliphatic rings. The van der Waals surface area contributed by atoms with Crippen molar-refractivity contribution in [2.24, 2.45) is 0 Å². The molecule has 2 atom stereocenters. The maximum atomic E-state index is 5.82. The summed E-state index contributed by atoms with van der Waals surface area (Å²) in [6.45, 7) is 7.57. The summed E-state index contributed by atoms with van der Waals surface area (Å²) in [6, 6.07) is 8.12. The Morgan fingerprint density at radius 3 is 2.71 bits per heavy atom. The monoisotopic (exact) mass is 287 g/mol. The number of ether oxygens (including phenoxy) is 1. The van der Waals surface area contributed by atoms with E-state index in [0.717, 1.165) is 19.4 Å². The van der Waals surface area contributed by atoms with E-state index in [1.54, 1.807) is 11.1 Å². The fraction of sp³-hybridized carbons (Fsp3) is 0.684. The minimum absolute atomic E-state index is 0.0193. The zero-order valence-electron chi connectivity index (χ0n) is 13.7. The largest absolute Gasteiger partial charge is 0.375 e. The van der Waals surface area contributed by atoms with Crippen molar-refractivity contribution in [1.82, 2.24) is 5.32 Å². The summed E-state index contributed by atoms with van der Waals surface area (Å²) in [5.74, 6) is 0. The van der Waals surface area contributed by atoms with Gasteiger partial charge in [-0.1, -0.05) is 18.2 Å². The molecule has 1 N–H and O–H groups in total. The summed E-state index contributed by atoms with van der Waals surface area (Å²) in [5.41, 5.74) is 4.62. The summed E-state index contributed by atoms with van der Waals surface area (Å²) in [7, 11) is 0. The van der Waals surface area contributed by atoms with Gasteiger partial charge in [-0.15, -0.1) is 0 Å². The minimum atomic E-state index is 0.0193. The number of hydrogen-bond donors (Lipinski definition) is 1. The Bertz CT molecular complexity index is 494. The SMILES string of the molecule is CC(NC1CCOC(C)(C)C1)c1ccc2c(c1)CCCC2. The highest BCUT2D eigenvalue weighted by Crippen LogP contribution is 2.28. The lowest BCUT2D eigenvalue weighted by atomic mass is 9.88. The van der Waals surface area contributed by atoms with E-state index in [2.05, 4.69) is 44.3 Å². The molecule has 2 unspecified atom stereocenters. The molecule has 116 valence electrons. The number of nitrogens with one attached hydrogen (secondary N) is 1. The summed E-state index contributed by atoms with van der Waals surface area (Å²) in [6.07, 6.45) is 7.47. The predicted molar refractivity (Wildman–Crippen MR) is 87.7 cm³/mol. The Morgan fingerprint density at radius 2 is 1.95 bits per heavy atom. The van der Waals surface area contributed by atoms with Crippen LogP contribution in [0.15, 0.2) is 18.2 Å². The normalized spacial score (nSPS) is 26.1. The molecule has 21 heavy (non-hydrogen) atoms. The van der Waals surface area contributed by atoms with E-state index >= 15 is 0 Å². The molecule has 0 radical (unpaired) electrons. The Kier molecular flexibility index (Phi) is 4.37. The second-order valence-corrected chi connectivity index (χ2v) is 7.42. The molecule has 0 aromatic heterocycles. The van der Waals surface area contributed by atoms with Crippen molar-refractivity contribution in [3.05, 3.63) is 34.9 Å². The third kappa shape index (κ3) is 3.67. The van der Waals surface area contributed by atoms with E-state index in [9.17, 15) is 0 Å². The van der Waals surface area contributed by atoms with Gasteiger partial charge >= 0.3 is 0 Å². The van der Waals surface area contributed by atoms with Crippen LogP contribution in [0, 0.1) is 0 Å². The molecule has 1 aliphatic heterocycles. The first kappa shape index (κ1) is 15.1. The van der Waals surface area contributed by atoms with E-state index in [-0.39, 0.29) is 5.60 Å². The van der Waals surface area contributed by atoms with E-state index < -0.39 is 0 Å². The topological polar surface area (TPSA) is 21.3 Å². The Balaban J connectivity index is 1.66. The zero-order valence-corrected chi connectivity index (χ0v) is 13.7. The highest BCUT2D eigenvalue weighted by Gasteiger charge is 2.29. The van der Waals surface area contributed by atoms with Crippen molar-refractivity contribution in [3.8, 4) is 0 Å². The Labute approximate surface area is 129 Å². The lowest BCUT2D eigenvalue weighted by Gasteiger charge is -2.37. The van der Waals surface area contributed by atoms with Gasteiger partial charge in [0.25, 0.3) is 0 Å². The van der Waals surface area contributed by atoms with E-state index in [1.165, 1.54) is 31.2 Å². The highest BCUT2D eigenvalue weighted by atomic mass is 16.5. The molecule has 2 heteroatoms. The van der Waals surface area contributed by atoms with Crippen LogP contribution in [0.4, 0.5) is 0 Å². The average molecular weight is 287 g/mol. The molecule has 1 fully saturated rings. The standard InChI is InChI=1S/C19H29NO/c1-14(20-18-10-11-21-19(2,3)13-18)16-9-8-15-6-4-5-7-17(15)12-16/h8-9,12,14,18,20H,4-7,10-11,13H2,1-3H3. The van der Waals surface area contributed by atoms with Crippen LogP contribution in [0.3, 0.4) is 0 Å². The number of aryl methyl sites for hydroxylation is 2. The van der Waals surface area contributed by atoms with Crippen molar-refractivity contribution >= 4 is 0 Å². The van der Waals surface area contributed by atoms with Gasteiger partial charge in [-0.2, -0.15) is 0 Å². The first-order chi connectivity index (χ1) is 10.0. The van der Waals surface area contributed by atoms with Crippen molar-refractivity contribution < 1.29 is 4.74 Å². The van der Waals surface area contributed by atoms with Crippen molar-refractivity contribution in [2.75, 3.05) is 6.61 Å². The molecule has 1 aliphatic carbocycles. The highest BCUT2D eigenvalue weighted by molar-refractivity contribution is 5.35. The van der Waals surface area contributed by atoms with E-state index in [4.69, 9.17) is 4.74 Å².